The predicted octanol–water partition coefficient (Wildman–Crippen LogP) is 3.03. The van der Waals surface area contributed by atoms with Gasteiger partial charge in [-0.1, -0.05) is 37.1 Å². The normalized spacial score (nSPS) is 19.8. The second kappa shape index (κ2) is 3.37. The number of nitrogens with one attached hydrogen (secondary N) is 1. The minimum absolute atomic E-state index is 0.251. The van der Waals surface area contributed by atoms with E-state index in [0.29, 0.717) is 5.82 Å². The number of benzene rings is 1. The van der Waals surface area contributed by atoms with Crippen molar-refractivity contribution >= 4 is 5.82 Å². The van der Waals surface area contributed by atoms with Crippen LogP contribution in [0.5, 0.6) is 0 Å². The lowest BCUT2D eigenvalue weighted by Gasteiger charge is -2.34. The Balaban J connectivity index is 2.01. The molecule has 1 heterocycles. The van der Waals surface area contributed by atoms with Gasteiger partial charge < -0.3 is 5.73 Å². The van der Waals surface area contributed by atoms with Gasteiger partial charge in [-0.05, 0) is 24.8 Å². The zero-order valence-electron chi connectivity index (χ0n) is 10.4. The molecule has 3 heteroatoms. The number of hydrogen-bond donors (Lipinski definition) is 2. The van der Waals surface area contributed by atoms with Gasteiger partial charge in [0.2, 0.25) is 0 Å². The van der Waals surface area contributed by atoms with E-state index >= 15 is 0 Å². The summed E-state index contributed by atoms with van der Waals surface area (Å²) in [5, 5.41) is 7.43. The van der Waals surface area contributed by atoms with Crippen LogP contribution in [0.4, 0.5) is 5.82 Å². The lowest BCUT2D eigenvalue weighted by molar-refractivity contribution is 0.435. The molecule has 0 bridgehead atoms. The number of nitrogens with two attached hydrogens (primary N) is 1. The number of fused-ring (bicyclic) bond motifs is 4. The molecule has 2 aliphatic rings. The van der Waals surface area contributed by atoms with E-state index in [1.807, 2.05) is 0 Å². The number of H-pyrrole nitrogens is 1. The minimum Gasteiger partial charge on any atom is -0.382 e. The van der Waals surface area contributed by atoms with Crippen LogP contribution in [0.25, 0.3) is 11.3 Å². The van der Waals surface area contributed by atoms with Crippen LogP contribution < -0.4 is 5.73 Å². The molecule has 3 nitrogen and oxygen atoms in total. The van der Waals surface area contributed by atoms with Gasteiger partial charge in [0.15, 0.2) is 0 Å². The summed E-state index contributed by atoms with van der Waals surface area (Å²) in [7, 11) is 0. The largest absolute Gasteiger partial charge is 0.382 e. The van der Waals surface area contributed by atoms with Crippen LogP contribution in [-0.2, 0) is 11.8 Å². The van der Waals surface area contributed by atoms with Crippen LogP contribution >= 0.6 is 0 Å². The molecular formula is C15H17N3. The van der Waals surface area contributed by atoms with Crippen molar-refractivity contribution in [3.8, 4) is 11.3 Å². The molecule has 0 unspecified atom stereocenters. The number of anilines is 1. The summed E-state index contributed by atoms with van der Waals surface area (Å²) < 4.78 is 0. The molecule has 1 spiro atoms. The highest BCUT2D eigenvalue weighted by Gasteiger charge is 2.43. The summed E-state index contributed by atoms with van der Waals surface area (Å²) in [6, 6.07) is 8.64. The second-order valence-electron chi connectivity index (χ2n) is 5.68. The molecular weight excluding hydrogens is 222 g/mol. The highest BCUT2D eigenvalue weighted by Crippen LogP contribution is 2.52. The first-order valence-electron chi connectivity index (χ1n) is 6.73. The molecule has 1 aromatic carbocycles. The lowest BCUT2D eigenvalue weighted by atomic mass is 9.68. The monoisotopic (exact) mass is 239 g/mol. The summed E-state index contributed by atoms with van der Waals surface area (Å²) in [4.78, 5) is 0. The average Bonchev–Trinajstić information content (AvgIpc) is 2.98. The van der Waals surface area contributed by atoms with Crippen LogP contribution in [0.3, 0.4) is 0 Å². The topological polar surface area (TPSA) is 54.7 Å². The van der Waals surface area contributed by atoms with Gasteiger partial charge in [0.05, 0.1) is 5.69 Å². The van der Waals surface area contributed by atoms with Crippen LogP contribution in [0.2, 0.25) is 0 Å². The van der Waals surface area contributed by atoms with Crippen molar-refractivity contribution in [1.29, 1.82) is 0 Å². The molecule has 1 saturated carbocycles. The van der Waals surface area contributed by atoms with Crippen LogP contribution in [-0.4, -0.2) is 10.2 Å². The third-order valence-electron chi connectivity index (χ3n) is 4.70. The quantitative estimate of drug-likeness (QED) is 0.742. The smallest absolute Gasteiger partial charge is 0.149 e. The van der Waals surface area contributed by atoms with Gasteiger partial charge in [-0.15, -0.1) is 0 Å². The van der Waals surface area contributed by atoms with E-state index in [-0.39, 0.29) is 5.41 Å². The number of nitrogen functional groups attached to an aromatic ring is 1. The molecule has 92 valence electrons. The summed E-state index contributed by atoms with van der Waals surface area (Å²) in [6.45, 7) is 0. The van der Waals surface area contributed by atoms with Gasteiger partial charge in [-0.3, -0.25) is 5.10 Å². The fraction of sp³-hybridized carbons (Fsp3) is 0.400. The fourth-order valence-corrected chi connectivity index (χ4v) is 3.94. The molecule has 0 atom stereocenters. The molecule has 0 radical (unpaired) electrons. The van der Waals surface area contributed by atoms with Crippen molar-refractivity contribution in [3.05, 3.63) is 35.4 Å². The minimum atomic E-state index is 0.251. The number of aromatic amines is 1. The first-order valence-corrected chi connectivity index (χ1v) is 6.73. The second-order valence-corrected chi connectivity index (χ2v) is 5.68. The van der Waals surface area contributed by atoms with Crippen molar-refractivity contribution in [2.45, 2.75) is 37.5 Å². The van der Waals surface area contributed by atoms with E-state index in [4.69, 9.17) is 5.73 Å². The van der Waals surface area contributed by atoms with Gasteiger partial charge in [0, 0.05) is 16.5 Å². The van der Waals surface area contributed by atoms with Gasteiger partial charge in [-0.25, -0.2) is 0 Å². The zero-order valence-corrected chi connectivity index (χ0v) is 10.4. The van der Waals surface area contributed by atoms with Gasteiger partial charge >= 0.3 is 0 Å². The Morgan fingerprint density at radius 2 is 1.94 bits per heavy atom. The molecule has 0 saturated heterocycles. The van der Waals surface area contributed by atoms with Crippen molar-refractivity contribution in [3.63, 3.8) is 0 Å². The Morgan fingerprint density at radius 3 is 2.78 bits per heavy atom. The standard InChI is InChI=1S/C15H17N3/c16-14-12-13(17-18-14)11-6-2-1-5-10(11)9-15(12)7-3-4-8-15/h1-2,5-6H,3-4,7-9H2,(H3,16,17,18). The summed E-state index contributed by atoms with van der Waals surface area (Å²) in [5.41, 5.74) is 11.6. The fourth-order valence-electron chi connectivity index (χ4n) is 3.94. The number of aromatic nitrogens is 2. The van der Waals surface area contributed by atoms with Gasteiger partial charge in [0.1, 0.15) is 5.82 Å². The van der Waals surface area contributed by atoms with Crippen molar-refractivity contribution in [2.24, 2.45) is 0 Å². The molecule has 3 N–H and O–H groups in total. The van der Waals surface area contributed by atoms with Crippen LogP contribution in [0.15, 0.2) is 24.3 Å². The third-order valence-corrected chi connectivity index (χ3v) is 4.70. The lowest BCUT2D eigenvalue weighted by Crippen LogP contribution is -2.29. The molecule has 2 aromatic rings. The Kier molecular flexibility index (Phi) is 1.91. The van der Waals surface area contributed by atoms with Crippen LogP contribution in [0.1, 0.15) is 36.8 Å². The first kappa shape index (κ1) is 10.2. The number of rotatable bonds is 0. The van der Waals surface area contributed by atoms with E-state index in [1.54, 1.807) is 0 Å². The zero-order chi connectivity index (χ0) is 12.2. The Hall–Kier alpha value is -1.77. The Morgan fingerprint density at radius 1 is 1.17 bits per heavy atom. The van der Waals surface area contributed by atoms with Crippen molar-refractivity contribution < 1.29 is 0 Å². The van der Waals surface area contributed by atoms with Gasteiger partial charge in [0.25, 0.3) is 0 Å². The predicted molar refractivity (Wildman–Crippen MR) is 72.3 cm³/mol. The van der Waals surface area contributed by atoms with Crippen LogP contribution in [0, 0.1) is 0 Å². The Bertz CT molecular complexity index is 606. The summed E-state index contributed by atoms with van der Waals surface area (Å²) in [6.07, 6.45) is 6.24. The van der Waals surface area contributed by atoms with E-state index in [1.165, 1.54) is 42.4 Å². The maximum Gasteiger partial charge on any atom is 0.149 e. The maximum atomic E-state index is 6.13. The number of hydrogen-bond acceptors (Lipinski definition) is 2. The molecule has 0 aliphatic heterocycles. The molecule has 2 aliphatic carbocycles. The average molecular weight is 239 g/mol. The SMILES string of the molecule is Nc1n[nH]c2c1C1(CCCC1)Cc1ccccc1-2. The molecule has 18 heavy (non-hydrogen) atoms. The van der Waals surface area contributed by atoms with Gasteiger partial charge in [-0.2, -0.15) is 5.10 Å². The molecule has 1 aromatic heterocycles. The van der Waals surface area contributed by atoms with E-state index in [0.717, 1.165) is 12.1 Å². The van der Waals surface area contributed by atoms with E-state index in [2.05, 4.69) is 34.5 Å². The first-order chi connectivity index (χ1) is 8.80. The number of nitrogens with zero attached hydrogens (tertiary/aromatic N) is 1. The van der Waals surface area contributed by atoms with Crippen molar-refractivity contribution in [1.82, 2.24) is 10.2 Å². The van der Waals surface area contributed by atoms with E-state index < -0.39 is 0 Å². The molecule has 0 amide bonds. The van der Waals surface area contributed by atoms with Crippen molar-refractivity contribution in [2.75, 3.05) is 5.73 Å². The third kappa shape index (κ3) is 1.17. The molecule has 4 rings (SSSR count). The maximum absolute atomic E-state index is 6.13. The Labute approximate surface area is 106 Å². The summed E-state index contributed by atoms with van der Waals surface area (Å²) >= 11 is 0. The highest BCUT2D eigenvalue weighted by molar-refractivity contribution is 5.76. The highest BCUT2D eigenvalue weighted by atomic mass is 15.2. The van der Waals surface area contributed by atoms with E-state index in [9.17, 15) is 0 Å². The summed E-state index contributed by atoms with van der Waals surface area (Å²) in [5.74, 6) is 0.710. The molecule has 1 fully saturated rings.